The smallest absolute Gasteiger partial charge is 0.281 e. The topological polar surface area (TPSA) is 164 Å². The first-order chi connectivity index (χ1) is 12.2. The van der Waals surface area contributed by atoms with Crippen LogP contribution in [0.1, 0.15) is 34.6 Å². The highest BCUT2D eigenvalue weighted by Crippen LogP contribution is 2.22. The molecule has 1 aliphatic carbocycles. The van der Waals surface area contributed by atoms with Gasteiger partial charge in [-0.15, -0.1) is 4.83 Å². The number of carbonyl (C=O) groups excluding carboxylic acids is 1. The van der Waals surface area contributed by atoms with Crippen molar-refractivity contribution < 1.29 is 21.6 Å². The maximum absolute atomic E-state index is 12.2. The third-order valence-electron chi connectivity index (χ3n) is 4.03. The third kappa shape index (κ3) is 3.77. The van der Waals surface area contributed by atoms with E-state index in [9.17, 15) is 21.6 Å². The number of aromatic nitrogens is 2. The van der Waals surface area contributed by atoms with E-state index in [4.69, 9.17) is 5.14 Å². The van der Waals surface area contributed by atoms with E-state index in [1.54, 1.807) is 0 Å². The van der Waals surface area contributed by atoms with Crippen molar-refractivity contribution in [1.82, 2.24) is 20.5 Å². The average Bonchev–Trinajstić information content (AvgIpc) is 3.03. The molecule has 0 aliphatic heterocycles. The van der Waals surface area contributed by atoms with Gasteiger partial charge in [-0.25, -0.2) is 22.0 Å². The summed E-state index contributed by atoms with van der Waals surface area (Å²) in [7, 11) is -8.01. The Labute approximate surface area is 150 Å². The first-order valence-corrected chi connectivity index (χ1v) is 10.7. The molecule has 1 aromatic carbocycles. The maximum Gasteiger partial charge on any atom is 0.287 e. The molecule has 12 heteroatoms. The molecule has 0 unspecified atom stereocenters. The monoisotopic (exact) mass is 399 g/mol. The van der Waals surface area contributed by atoms with Crippen molar-refractivity contribution in [3.05, 3.63) is 41.2 Å². The fourth-order valence-corrected chi connectivity index (χ4v) is 4.06. The van der Waals surface area contributed by atoms with Crippen molar-refractivity contribution in [3.8, 4) is 0 Å². The van der Waals surface area contributed by atoms with E-state index in [2.05, 4.69) is 15.6 Å². The molecule has 10 nitrogen and oxygen atoms in total. The molecule has 0 bridgehead atoms. The minimum absolute atomic E-state index is 0.159. The van der Waals surface area contributed by atoms with E-state index in [1.807, 2.05) is 4.83 Å². The standard InChI is InChI=1S/C14H17N5O5S2/c15-25(21,22)9-5-7-10(8-6-9)26(23,24)19-18-14(20)13-11-3-1-2-4-12(11)16-17-13/h5-8,19H,1-4H2,(H,16,17)(H,18,20)(H2,15,21,22). The number of carbonyl (C=O) groups is 1. The molecule has 0 saturated heterocycles. The molecule has 2 aromatic rings. The van der Waals surface area contributed by atoms with Crippen LogP contribution in [0, 0.1) is 0 Å². The Morgan fingerprint density at radius 3 is 2.31 bits per heavy atom. The summed E-state index contributed by atoms with van der Waals surface area (Å²) in [6.45, 7) is 0. The molecule has 1 amide bonds. The molecule has 26 heavy (non-hydrogen) atoms. The lowest BCUT2D eigenvalue weighted by Gasteiger charge is -2.11. The van der Waals surface area contributed by atoms with Crippen molar-refractivity contribution in [2.45, 2.75) is 35.5 Å². The lowest BCUT2D eigenvalue weighted by Crippen LogP contribution is -2.42. The second-order valence-electron chi connectivity index (χ2n) is 5.81. The Morgan fingerprint density at radius 2 is 1.65 bits per heavy atom. The van der Waals surface area contributed by atoms with Crippen LogP contribution in [0.3, 0.4) is 0 Å². The number of nitrogens with one attached hydrogen (secondary N) is 3. The molecular weight excluding hydrogens is 382 g/mol. The number of sulfonamides is 2. The van der Waals surface area contributed by atoms with Crippen LogP contribution in [0.25, 0.3) is 0 Å². The zero-order valence-electron chi connectivity index (χ0n) is 13.5. The molecule has 1 aliphatic rings. The van der Waals surface area contributed by atoms with Crippen LogP contribution in [0.4, 0.5) is 0 Å². The van der Waals surface area contributed by atoms with Gasteiger partial charge in [0.15, 0.2) is 5.69 Å². The Kier molecular flexibility index (Phi) is 4.84. The molecule has 1 heterocycles. The van der Waals surface area contributed by atoms with Crippen LogP contribution in [0.5, 0.6) is 0 Å². The summed E-state index contributed by atoms with van der Waals surface area (Å²) in [6, 6.07) is 4.28. The van der Waals surface area contributed by atoms with Crippen LogP contribution in [0.15, 0.2) is 34.1 Å². The Hall–Kier alpha value is -2.28. The summed E-state index contributed by atoms with van der Waals surface area (Å²) in [4.78, 5) is 13.7. The Bertz CT molecular complexity index is 1040. The van der Waals surface area contributed by atoms with Crippen molar-refractivity contribution in [1.29, 1.82) is 0 Å². The van der Waals surface area contributed by atoms with Gasteiger partial charge in [0.1, 0.15) is 0 Å². The Morgan fingerprint density at radius 1 is 1.04 bits per heavy atom. The summed E-state index contributed by atoms with van der Waals surface area (Å²) in [5.41, 5.74) is 3.96. The number of aryl methyl sites for hydroxylation is 1. The molecule has 140 valence electrons. The van der Waals surface area contributed by atoms with Gasteiger partial charge in [0.2, 0.25) is 10.0 Å². The number of hydrogen-bond acceptors (Lipinski definition) is 6. The van der Waals surface area contributed by atoms with Gasteiger partial charge in [-0.1, -0.05) is 0 Å². The minimum atomic E-state index is -4.09. The number of hydrogen-bond donors (Lipinski definition) is 4. The van der Waals surface area contributed by atoms with Crippen molar-refractivity contribution in [2.75, 3.05) is 0 Å². The quantitative estimate of drug-likeness (QED) is 0.498. The molecule has 0 radical (unpaired) electrons. The van der Waals surface area contributed by atoms with Gasteiger partial charge in [-0.2, -0.15) is 5.10 Å². The molecule has 1 aromatic heterocycles. The summed E-state index contributed by atoms with van der Waals surface area (Å²) in [6.07, 6.45) is 3.46. The molecule has 0 spiro atoms. The van der Waals surface area contributed by atoms with Gasteiger partial charge < -0.3 is 0 Å². The fraction of sp³-hybridized carbons (Fsp3) is 0.286. The second kappa shape index (κ2) is 6.79. The van der Waals surface area contributed by atoms with E-state index in [0.29, 0.717) is 6.42 Å². The number of primary sulfonamides is 1. The van der Waals surface area contributed by atoms with Gasteiger partial charge in [-0.05, 0) is 49.9 Å². The largest absolute Gasteiger partial charge is 0.287 e. The number of nitrogens with zero attached hydrogens (tertiary/aromatic N) is 1. The van der Waals surface area contributed by atoms with E-state index in [-0.39, 0.29) is 15.5 Å². The van der Waals surface area contributed by atoms with E-state index >= 15 is 0 Å². The van der Waals surface area contributed by atoms with E-state index < -0.39 is 26.0 Å². The van der Waals surface area contributed by atoms with Gasteiger partial charge in [0.05, 0.1) is 9.79 Å². The maximum atomic E-state index is 12.2. The number of benzene rings is 1. The first kappa shape index (κ1) is 18.5. The average molecular weight is 399 g/mol. The van der Waals surface area contributed by atoms with Gasteiger partial charge >= 0.3 is 0 Å². The van der Waals surface area contributed by atoms with Crippen LogP contribution >= 0.6 is 0 Å². The molecular formula is C14H17N5O5S2. The normalized spacial score (nSPS) is 14.7. The Balaban J connectivity index is 1.72. The van der Waals surface area contributed by atoms with Crippen molar-refractivity contribution in [3.63, 3.8) is 0 Å². The second-order valence-corrected chi connectivity index (χ2v) is 9.06. The lowest BCUT2D eigenvalue weighted by atomic mass is 9.96. The summed E-state index contributed by atoms with van der Waals surface area (Å²) in [5.74, 6) is -0.672. The number of aromatic amines is 1. The van der Waals surface area contributed by atoms with Gasteiger partial charge in [0.25, 0.3) is 15.9 Å². The molecule has 5 N–H and O–H groups in total. The zero-order chi connectivity index (χ0) is 18.9. The molecule has 0 fully saturated rings. The lowest BCUT2D eigenvalue weighted by molar-refractivity contribution is 0.0939. The van der Waals surface area contributed by atoms with Crippen molar-refractivity contribution >= 4 is 26.0 Å². The first-order valence-electron chi connectivity index (χ1n) is 7.69. The number of hydrazine groups is 1. The third-order valence-corrected chi connectivity index (χ3v) is 6.23. The number of rotatable bonds is 5. The zero-order valence-corrected chi connectivity index (χ0v) is 15.2. The predicted molar refractivity (Wildman–Crippen MR) is 90.8 cm³/mol. The molecule has 0 atom stereocenters. The van der Waals surface area contributed by atoms with Gasteiger partial charge in [-0.3, -0.25) is 15.3 Å². The summed E-state index contributed by atoms with van der Waals surface area (Å²) < 4.78 is 46.8. The SMILES string of the molecule is NS(=O)(=O)c1ccc(S(=O)(=O)NNC(=O)c2n[nH]c3c2CCCC3)cc1. The highest BCUT2D eigenvalue weighted by molar-refractivity contribution is 7.89. The molecule has 0 saturated carbocycles. The van der Waals surface area contributed by atoms with E-state index in [1.165, 1.54) is 0 Å². The number of H-pyrrole nitrogens is 1. The highest BCUT2D eigenvalue weighted by atomic mass is 32.2. The van der Waals surface area contributed by atoms with E-state index in [0.717, 1.165) is 54.8 Å². The van der Waals surface area contributed by atoms with Crippen LogP contribution in [-0.4, -0.2) is 32.9 Å². The minimum Gasteiger partial charge on any atom is -0.281 e. The predicted octanol–water partition coefficient (Wildman–Crippen LogP) is -0.441. The van der Waals surface area contributed by atoms with Crippen molar-refractivity contribution in [2.24, 2.45) is 5.14 Å². The summed E-state index contributed by atoms with van der Waals surface area (Å²) >= 11 is 0. The number of nitrogens with two attached hydrogens (primary N) is 1. The number of amides is 1. The highest BCUT2D eigenvalue weighted by Gasteiger charge is 2.23. The van der Waals surface area contributed by atoms with Crippen LogP contribution in [0.2, 0.25) is 0 Å². The van der Waals surface area contributed by atoms with Gasteiger partial charge in [0, 0.05) is 11.3 Å². The fourth-order valence-electron chi connectivity index (χ4n) is 2.71. The molecule has 3 rings (SSSR count). The van der Waals surface area contributed by atoms with Crippen LogP contribution in [-0.2, 0) is 32.9 Å². The summed E-state index contributed by atoms with van der Waals surface area (Å²) in [5, 5.41) is 11.7. The number of fused-ring (bicyclic) bond motifs is 1. The van der Waals surface area contributed by atoms with Crippen LogP contribution < -0.4 is 15.4 Å².